The smallest absolute Gasteiger partial charge is 0.184 e. The first kappa shape index (κ1) is 21.2. The summed E-state index contributed by atoms with van der Waals surface area (Å²) in [6.45, 7) is 1.88. The van der Waals surface area contributed by atoms with Gasteiger partial charge in [0.15, 0.2) is 6.29 Å². The van der Waals surface area contributed by atoms with Crippen molar-refractivity contribution in [2.75, 3.05) is 19.8 Å². The van der Waals surface area contributed by atoms with Crippen LogP contribution in [0.4, 0.5) is 0 Å². The average molecular weight is 412 g/mol. The average Bonchev–Trinajstić information content (AvgIpc) is 2.78. The molecule has 0 spiro atoms. The molecule has 2 bridgehead atoms. The Morgan fingerprint density at radius 1 is 0.800 bits per heavy atom. The van der Waals surface area contributed by atoms with Gasteiger partial charge in [0.25, 0.3) is 0 Å². The lowest BCUT2D eigenvalue weighted by atomic mass is 9.98. The summed E-state index contributed by atoms with van der Waals surface area (Å²) < 4.78 is 30.0. The molecule has 30 heavy (non-hydrogen) atoms. The van der Waals surface area contributed by atoms with Gasteiger partial charge in [-0.05, 0) is 11.1 Å². The van der Waals surface area contributed by atoms with Crippen molar-refractivity contribution < 1.29 is 28.8 Å². The molecule has 6 heteroatoms. The van der Waals surface area contributed by atoms with E-state index >= 15 is 0 Å². The first-order valence-electron chi connectivity index (χ1n) is 10.3. The molecule has 0 aliphatic carbocycles. The van der Waals surface area contributed by atoms with Crippen LogP contribution in [0.5, 0.6) is 0 Å². The lowest BCUT2D eigenvalue weighted by Crippen LogP contribution is -2.61. The number of ether oxygens (including phenoxy) is 5. The number of rotatable bonds is 6. The number of fused-ring (bicyclic) bond motifs is 2. The van der Waals surface area contributed by atoms with Crippen LogP contribution in [0.25, 0.3) is 0 Å². The van der Waals surface area contributed by atoms with Gasteiger partial charge in [-0.25, -0.2) is 0 Å². The number of benzene rings is 2. The van der Waals surface area contributed by atoms with Gasteiger partial charge in [-0.15, -0.1) is 0 Å². The quantitative estimate of drug-likeness (QED) is 0.736. The van der Waals surface area contributed by atoms with Gasteiger partial charge in [0, 0.05) is 0 Å². The molecule has 1 fully saturated rings. The summed E-state index contributed by atoms with van der Waals surface area (Å²) in [4.78, 5) is 0. The van der Waals surface area contributed by atoms with Crippen molar-refractivity contribution in [1.29, 1.82) is 0 Å². The highest BCUT2D eigenvalue weighted by Crippen LogP contribution is 2.29. The normalized spacial score (nSPS) is 30.5. The highest BCUT2D eigenvalue weighted by Gasteiger charge is 2.47. The van der Waals surface area contributed by atoms with Crippen LogP contribution in [0.2, 0.25) is 0 Å². The maximum absolute atomic E-state index is 10.7. The van der Waals surface area contributed by atoms with Crippen LogP contribution in [0.1, 0.15) is 11.1 Å². The molecule has 2 aliphatic rings. The second-order valence-electron chi connectivity index (χ2n) is 7.39. The predicted molar refractivity (Wildman–Crippen MR) is 111 cm³/mol. The lowest BCUT2D eigenvalue weighted by Gasteiger charge is -2.44. The van der Waals surface area contributed by atoms with Gasteiger partial charge in [0.2, 0.25) is 0 Å². The van der Waals surface area contributed by atoms with E-state index in [2.05, 4.69) is 0 Å². The van der Waals surface area contributed by atoms with Crippen molar-refractivity contribution in [3.63, 3.8) is 0 Å². The number of aliphatic hydroxyl groups excluding tert-OH is 1. The molecule has 2 aromatic carbocycles. The minimum absolute atomic E-state index is 0.298. The summed E-state index contributed by atoms with van der Waals surface area (Å²) in [5.74, 6) is 0. The van der Waals surface area contributed by atoms with Gasteiger partial charge in [-0.2, -0.15) is 0 Å². The fourth-order valence-corrected chi connectivity index (χ4v) is 3.69. The number of hydrogen-bond acceptors (Lipinski definition) is 6. The molecule has 0 saturated carbocycles. The van der Waals surface area contributed by atoms with Crippen LogP contribution in [0, 0.1) is 0 Å². The molecule has 0 aromatic heterocycles. The van der Waals surface area contributed by atoms with E-state index in [4.69, 9.17) is 23.7 Å². The van der Waals surface area contributed by atoms with Crippen molar-refractivity contribution in [1.82, 2.24) is 0 Å². The molecular weight excluding hydrogens is 384 g/mol. The molecule has 2 aliphatic heterocycles. The minimum Gasteiger partial charge on any atom is -0.375 e. The third-order valence-electron chi connectivity index (χ3n) is 5.23. The third kappa shape index (κ3) is 5.55. The second kappa shape index (κ2) is 10.8. The largest absolute Gasteiger partial charge is 0.375 e. The van der Waals surface area contributed by atoms with Gasteiger partial charge in [-0.1, -0.05) is 72.8 Å². The van der Waals surface area contributed by atoms with E-state index in [0.29, 0.717) is 33.0 Å². The lowest BCUT2D eigenvalue weighted by molar-refractivity contribution is -0.314. The molecule has 3 unspecified atom stereocenters. The van der Waals surface area contributed by atoms with E-state index in [1.54, 1.807) is 0 Å². The maximum atomic E-state index is 10.7. The molecule has 1 saturated heterocycles. The van der Waals surface area contributed by atoms with E-state index in [-0.39, 0.29) is 0 Å². The number of aliphatic hydroxyl groups is 1. The summed E-state index contributed by atoms with van der Waals surface area (Å²) in [7, 11) is 0. The Kier molecular flexibility index (Phi) is 7.64. The van der Waals surface area contributed by atoms with Crippen molar-refractivity contribution >= 4 is 0 Å². The summed E-state index contributed by atoms with van der Waals surface area (Å²) in [6.07, 6.45) is 0.597. The second-order valence-corrected chi connectivity index (χ2v) is 7.39. The monoisotopic (exact) mass is 412 g/mol. The van der Waals surface area contributed by atoms with E-state index in [1.807, 2.05) is 72.8 Å². The molecule has 0 radical (unpaired) electrons. The van der Waals surface area contributed by atoms with Crippen molar-refractivity contribution in [2.45, 2.75) is 43.9 Å². The molecule has 160 valence electrons. The first-order valence-corrected chi connectivity index (χ1v) is 10.3. The minimum atomic E-state index is -1.13. The van der Waals surface area contributed by atoms with Gasteiger partial charge in [-0.3, -0.25) is 0 Å². The maximum Gasteiger partial charge on any atom is 0.184 e. The van der Waals surface area contributed by atoms with Gasteiger partial charge in [0.1, 0.15) is 24.4 Å². The summed E-state index contributed by atoms with van der Waals surface area (Å²) in [5, 5.41) is 10.7. The predicted octanol–water partition coefficient (Wildman–Crippen LogP) is 2.85. The zero-order valence-corrected chi connectivity index (χ0v) is 16.8. The number of hydrogen-bond donors (Lipinski definition) is 1. The zero-order chi connectivity index (χ0) is 20.6. The van der Waals surface area contributed by atoms with Crippen LogP contribution in [0.15, 0.2) is 72.8 Å². The third-order valence-corrected chi connectivity index (χ3v) is 5.23. The Balaban J connectivity index is 1.51. The highest BCUT2D eigenvalue weighted by molar-refractivity contribution is 5.14. The van der Waals surface area contributed by atoms with Gasteiger partial charge < -0.3 is 28.8 Å². The van der Waals surface area contributed by atoms with Crippen LogP contribution < -0.4 is 0 Å². The molecule has 0 amide bonds. The summed E-state index contributed by atoms with van der Waals surface area (Å²) in [5.41, 5.74) is 2.06. The SMILES string of the molecule is O[C@@H]1OC2COC/C=C\COC(C1OCc1ccccc1)[C@@H]2OCc1ccccc1. The van der Waals surface area contributed by atoms with Crippen LogP contribution in [0.3, 0.4) is 0 Å². The molecular formula is C24H28O6. The molecule has 6 nitrogen and oxygen atoms in total. The first-order chi connectivity index (χ1) is 14.8. The molecule has 2 aromatic rings. The van der Waals surface area contributed by atoms with E-state index in [9.17, 15) is 5.11 Å². The Labute approximate surface area is 177 Å². The van der Waals surface area contributed by atoms with E-state index < -0.39 is 30.7 Å². The zero-order valence-electron chi connectivity index (χ0n) is 16.8. The van der Waals surface area contributed by atoms with E-state index in [1.165, 1.54) is 0 Å². The van der Waals surface area contributed by atoms with Crippen LogP contribution in [-0.2, 0) is 36.9 Å². The summed E-state index contributed by atoms with van der Waals surface area (Å²) in [6, 6.07) is 19.8. The highest BCUT2D eigenvalue weighted by atomic mass is 16.7. The standard InChI is InChI=1S/C24H28O6/c25-24-23(29-16-19-11-5-2-6-12-19)22-21(28-15-18-9-3-1-4-10-18)20(30-24)17-26-13-7-8-14-27-22/h1-12,20-25H,13-17H2/b8-7-/t20?,21-,22?,23?,24-/m1/s1. The Morgan fingerprint density at radius 3 is 2.07 bits per heavy atom. The Morgan fingerprint density at radius 2 is 1.40 bits per heavy atom. The van der Waals surface area contributed by atoms with Crippen LogP contribution in [-0.4, -0.2) is 55.6 Å². The Bertz CT molecular complexity index is 781. The fourth-order valence-electron chi connectivity index (χ4n) is 3.69. The van der Waals surface area contributed by atoms with Crippen LogP contribution >= 0.6 is 0 Å². The Hall–Kier alpha value is -2.06. The molecule has 5 atom stereocenters. The molecule has 1 N–H and O–H groups in total. The van der Waals surface area contributed by atoms with E-state index in [0.717, 1.165) is 11.1 Å². The van der Waals surface area contributed by atoms with Crippen molar-refractivity contribution in [3.8, 4) is 0 Å². The topological polar surface area (TPSA) is 66.4 Å². The van der Waals surface area contributed by atoms with Gasteiger partial charge in [0.05, 0.1) is 33.0 Å². The fraction of sp³-hybridized carbons (Fsp3) is 0.417. The van der Waals surface area contributed by atoms with Crippen molar-refractivity contribution in [2.24, 2.45) is 0 Å². The molecule has 2 heterocycles. The van der Waals surface area contributed by atoms with Gasteiger partial charge >= 0.3 is 0 Å². The van der Waals surface area contributed by atoms with Crippen molar-refractivity contribution in [3.05, 3.63) is 83.9 Å². The molecule has 4 rings (SSSR count). The summed E-state index contributed by atoms with van der Waals surface area (Å²) >= 11 is 0.